The van der Waals surface area contributed by atoms with E-state index in [0.29, 0.717) is 17.7 Å². The van der Waals surface area contributed by atoms with Crippen molar-refractivity contribution in [2.45, 2.75) is 356 Å². The summed E-state index contributed by atoms with van der Waals surface area (Å²) < 4.78 is 21.2. The number of amides is 8. The van der Waals surface area contributed by atoms with Crippen LogP contribution < -0.4 is 21.3 Å². The Balaban J connectivity index is 0.000000221. The topological polar surface area (TPSA) is 437 Å². The van der Waals surface area contributed by atoms with Crippen molar-refractivity contribution in [1.82, 2.24) is 65.5 Å². The summed E-state index contributed by atoms with van der Waals surface area (Å²) in [5.74, 6) is -2.87. The zero-order valence-electron chi connectivity index (χ0n) is 92.7. The summed E-state index contributed by atoms with van der Waals surface area (Å²) in [5.41, 5.74) is 9.41. The van der Waals surface area contributed by atoms with Crippen LogP contribution in [0.25, 0.3) is 37.7 Å². The number of rotatable bonds is 30. The van der Waals surface area contributed by atoms with Crippen molar-refractivity contribution in [2.75, 3.05) is 32.9 Å². The fourth-order valence-electron chi connectivity index (χ4n) is 18.4. The molecule has 8 heterocycles. The lowest BCUT2D eigenvalue weighted by atomic mass is 9.84. The summed E-state index contributed by atoms with van der Waals surface area (Å²) in [6, 6.07) is 24.9. The van der Waals surface area contributed by atoms with Crippen LogP contribution in [0, 0.1) is 64.1 Å². The molecule has 0 radical (unpaired) electrons. The molecular formula is C115H162FN13O18S2. The van der Waals surface area contributed by atoms with Gasteiger partial charge in [0.15, 0.2) is 23.1 Å². The van der Waals surface area contributed by atoms with Gasteiger partial charge in [-0.1, -0.05) is 270 Å². The van der Waals surface area contributed by atoms with Crippen molar-refractivity contribution >= 4 is 93.1 Å². The number of carbonyl (C=O) groups is 12. The number of benzene rings is 4. The van der Waals surface area contributed by atoms with Gasteiger partial charge in [-0.05, 0) is 112 Å². The summed E-state index contributed by atoms with van der Waals surface area (Å²) in [6.45, 7) is 53.0. The van der Waals surface area contributed by atoms with Gasteiger partial charge in [0.1, 0.15) is 36.3 Å². The van der Waals surface area contributed by atoms with Crippen molar-refractivity contribution in [3.8, 4) is 37.7 Å². The zero-order chi connectivity index (χ0) is 111. The number of aliphatic hydroxyl groups excluding tert-OH is 5. The van der Waals surface area contributed by atoms with Crippen molar-refractivity contribution in [1.29, 1.82) is 0 Å². The predicted molar refractivity (Wildman–Crippen MR) is 576 cm³/mol. The molecule has 814 valence electrons. The van der Waals surface area contributed by atoms with Crippen LogP contribution >= 0.6 is 22.7 Å². The average Bonchev–Trinajstić information content (AvgIpc) is 1.69. The molecule has 4 aromatic heterocycles. The van der Waals surface area contributed by atoms with E-state index in [0.717, 1.165) is 71.6 Å². The second-order valence-corrected chi connectivity index (χ2v) is 50.8. The molecular weight excluding hydrogens is 1930 g/mol. The van der Waals surface area contributed by atoms with Crippen LogP contribution in [-0.2, 0) is 70.6 Å². The highest BCUT2D eigenvalue weighted by atomic mass is 32.1. The van der Waals surface area contributed by atoms with Gasteiger partial charge in [-0.25, -0.2) is 15.0 Å². The quantitative estimate of drug-likeness (QED) is 0.0202. The fourth-order valence-corrected chi connectivity index (χ4v) is 20.0. The van der Waals surface area contributed by atoms with E-state index in [9.17, 15) is 87.5 Å². The number of hydrogen-bond acceptors (Lipinski definition) is 24. The summed E-state index contributed by atoms with van der Waals surface area (Å²) in [6.07, 6.45) is 3.93. The molecule has 149 heavy (non-hydrogen) atoms. The summed E-state index contributed by atoms with van der Waals surface area (Å²) in [7, 11) is 0. The number of Topliss-reactive ketones (excluding diaryl/α,β-unsaturated/α-hetero) is 4. The second kappa shape index (κ2) is 49.9. The van der Waals surface area contributed by atoms with Crippen molar-refractivity contribution in [3.05, 3.63) is 172 Å². The summed E-state index contributed by atoms with van der Waals surface area (Å²) >= 11 is 3.00. The van der Waals surface area contributed by atoms with Gasteiger partial charge in [-0.2, -0.15) is 0 Å². The van der Waals surface area contributed by atoms with Crippen LogP contribution in [0.5, 0.6) is 0 Å². The molecule has 4 saturated heterocycles. The van der Waals surface area contributed by atoms with Gasteiger partial charge in [0, 0.05) is 129 Å². The number of nitrogens with one attached hydrogen (secondary N) is 4. The number of carbonyl (C=O) groups excluding carboxylic acids is 12. The molecule has 0 saturated carbocycles. The lowest BCUT2D eigenvalue weighted by molar-refractivity contribution is -0.144. The molecule has 15 atom stereocenters. The number of aliphatic hydroxyl groups is 5. The summed E-state index contributed by atoms with van der Waals surface area (Å²) in [5, 5.41) is 66.5. The number of aromatic nitrogens is 5. The molecule has 0 aliphatic carbocycles. The van der Waals surface area contributed by atoms with Crippen molar-refractivity contribution in [3.63, 3.8) is 0 Å². The highest BCUT2D eigenvalue weighted by molar-refractivity contribution is 7.13. The first-order valence-electron chi connectivity index (χ1n) is 51.6. The first kappa shape index (κ1) is 121. The highest BCUT2D eigenvalue weighted by Gasteiger charge is 2.51. The number of aryl methyl sites for hydroxylation is 4. The van der Waals surface area contributed by atoms with Gasteiger partial charge in [0.25, 0.3) is 0 Å². The van der Waals surface area contributed by atoms with E-state index >= 15 is 0 Å². The Hall–Kier alpha value is -11.3. The SMILES string of the molecule is CC(CC(=O)C1CC(O)CN1C(=O)C(NC(=O)C(C)(C)C)C(C)(C)C)c1ccc(-c2scnc2CO)cc1.Cc1nccn1-c1ccc(C(C)CC(=O)C2CC(O)CN2C(=O)C(NC(=O)C(C)(C)C)C(C)(C)C)cc1.Cc1ncsc1-c1ccc(C(CF)CC(=O)C2CC(O)CN2C(=O)C(NC(=O)C(C)(C)C)C(C)(C)C)cc1.Cc1nocc1-c1ccc(CCC(=O)C2CC(O)CN2C(=O)C(NC(=O)C(C)(C)C)C(C)(C)C)cc1. The third-order valence-electron chi connectivity index (χ3n) is 27.8. The van der Waals surface area contributed by atoms with Crippen LogP contribution in [-0.4, -0.2) is 246 Å². The minimum absolute atomic E-state index is 0.00357. The van der Waals surface area contributed by atoms with E-state index in [-0.39, 0.29) is 160 Å². The second-order valence-electron chi connectivity index (χ2n) is 49.0. The van der Waals surface area contributed by atoms with Gasteiger partial charge in [0.2, 0.25) is 47.3 Å². The number of hydrogen-bond donors (Lipinski definition) is 9. The number of ketones is 4. The Labute approximate surface area is 886 Å². The van der Waals surface area contributed by atoms with E-state index in [2.05, 4.69) is 41.4 Å². The largest absolute Gasteiger partial charge is 0.391 e. The Kier molecular flexibility index (Phi) is 40.6. The maximum atomic E-state index is 14.2. The first-order valence-corrected chi connectivity index (χ1v) is 53.4. The monoisotopic (exact) mass is 2100 g/mol. The molecule has 8 aromatic rings. The van der Waals surface area contributed by atoms with Gasteiger partial charge in [-0.3, -0.25) is 61.9 Å². The first-order chi connectivity index (χ1) is 69.0. The standard InChI is InChI=1S/C29H40FN3O4S.C29H42N4O4.C29H41N3O5S.C28H39N3O5/c1-17-24(38-16-31-17)19-10-8-18(9-11-19)20(14-30)12-23(35)22-13-21(34)15-33(22)26(36)25(28(2,3)4)32-27(37)29(5,6)7;1-18(20-9-11-21(12-10-20)32-14-13-30-19(32)2)15-24(35)23-16-22(34)17-33(23)26(36)25(28(3,4)5)31-27(37)29(6,7)8;1-17(18-8-10-19(11-9-18)24-21(15-33)30-16-38-24)12-23(35)22-13-20(34)14-32(22)26(36)25(28(2,3)4)31-27(37)29(5,6)7;1-17-21(16-36-30-17)19-11-8-18(9-12-19)10-13-23(33)22-14-20(32)15-31(22)25(34)24(27(2,3)4)29-26(35)28(5,6)7/h8-11,16,20-22,25,34H,12-15H2,1-7H3,(H,32,37);9-14,18,22-23,25,34H,15-17H2,1-8H3,(H,31,37);8-11,16-17,20,22,25,33-34H,12-15H2,1-7H3,(H,31,37);8-9,11-12,16,20,22,24,32H,10,13-15H2,1-7H3,(H,29,35). The smallest absolute Gasteiger partial charge is 0.246 e. The minimum atomic E-state index is -0.880. The lowest BCUT2D eigenvalue weighted by Gasteiger charge is -2.36. The Morgan fingerprint density at radius 2 is 0.745 bits per heavy atom. The molecule has 15 unspecified atom stereocenters. The maximum absolute atomic E-state index is 14.2. The van der Waals surface area contributed by atoms with Crippen LogP contribution in [0.1, 0.15) is 294 Å². The number of alkyl halides is 1. The zero-order valence-corrected chi connectivity index (χ0v) is 94.3. The molecule has 12 rings (SSSR count). The maximum Gasteiger partial charge on any atom is 0.246 e. The Morgan fingerprint density at radius 1 is 0.416 bits per heavy atom. The van der Waals surface area contributed by atoms with E-state index < -0.39 is 135 Å². The van der Waals surface area contributed by atoms with Crippen LogP contribution in [0.15, 0.2) is 131 Å². The average molecular weight is 2100 g/mol. The Bertz CT molecular complexity index is 5950. The highest BCUT2D eigenvalue weighted by Crippen LogP contribution is 2.40. The molecule has 9 N–H and O–H groups in total. The van der Waals surface area contributed by atoms with E-state index in [1.807, 2.05) is 226 Å². The van der Waals surface area contributed by atoms with E-state index in [4.69, 9.17) is 4.52 Å². The van der Waals surface area contributed by atoms with Gasteiger partial charge in [-0.15, -0.1) is 22.7 Å². The molecule has 31 nitrogen and oxygen atoms in total. The molecule has 34 heteroatoms. The van der Waals surface area contributed by atoms with Gasteiger partial charge < -0.3 is 75.5 Å². The van der Waals surface area contributed by atoms with Crippen LogP contribution in [0.4, 0.5) is 4.39 Å². The Morgan fingerprint density at radius 3 is 1.06 bits per heavy atom. The van der Waals surface area contributed by atoms with E-state index in [1.54, 1.807) is 107 Å². The lowest BCUT2D eigenvalue weighted by Crippen LogP contribution is -2.58. The number of likely N-dealkylation sites (tertiary alicyclic amines) is 4. The molecule has 0 spiro atoms. The normalized spacial score (nSPS) is 19.7. The number of β-amino-alcohol motifs (C(OH)–C–C–N with tert-alkyl or cyclic N) is 4. The van der Waals surface area contributed by atoms with Gasteiger partial charge >= 0.3 is 0 Å². The third-order valence-corrected chi connectivity index (χ3v) is 29.7. The summed E-state index contributed by atoms with van der Waals surface area (Å²) in [4.78, 5) is 180. The number of halogens is 1. The predicted octanol–water partition coefficient (Wildman–Crippen LogP) is 16.0. The van der Waals surface area contributed by atoms with Crippen molar-refractivity contribution in [2.24, 2.45) is 43.3 Å². The fraction of sp³-hybridized carbons (Fsp3) is 0.583. The molecule has 4 aliphatic rings. The van der Waals surface area contributed by atoms with Crippen LogP contribution in [0.3, 0.4) is 0 Å². The minimum Gasteiger partial charge on any atom is -0.391 e. The number of nitrogens with zero attached hydrogens (tertiary/aromatic N) is 9. The van der Waals surface area contributed by atoms with Crippen LogP contribution in [0.2, 0.25) is 0 Å². The molecule has 4 aromatic carbocycles. The third kappa shape index (κ3) is 32.2. The molecule has 4 fully saturated rings. The number of thiazole rings is 2. The number of imidazole rings is 1. The molecule has 0 bridgehead atoms. The van der Waals surface area contributed by atoms with Gasteiger partial charge in [0.05, 0.1) is 99.7 Å². The van der Waals surface area contributed by atoms with E-state index in [1.165, 1.54) is 42.3 Å². The molecule has 4 aliphatic heterocycles. The molecule has 8 amide bonds. The van der Waals surface area contributed by atoms with Crippen molar-refractivity contribution < 1.29 is 92.0 Å².